The van der Waals surface area contributed by atoms with E-state index in [0.717, 1.165) is 4.90 Å². The van der Waals surface area contributed by atoms with E-state index in [0.29, 0.717) is 0 Å². The molecule has 0 nitrogen and oxygen atoms in total. The molecule has 0 fully saturated rings. The van der Waals surface area contributed by atoms with Gasteiger partial charge < -0.3 is 0 Å². The summed E-state index contributed by atoms with van der Waals surface area (Å²) < 4.78 is 0. The van der Waals surface area contributed by atoms with Gasteiger partial charge in [0.05, 0.1) is 0 Å². The molecular weight excluding hydrogens is 239 g/mol. The summed E-state index contributed by atoms with van der Waals surface area (Å²) in [7, 11) is 0. The predicted octanol–water partition coefficient (Wildman–Crippen LogP) is 3.93. The van der Waals surface area contributed by atoms with Crippen molar-refractivity contribution < 1.29 is 0 Å². The number of halogens is 3. The van der Waals surface area contributed by atoms with Crippen LogP contribution in [0.15, 0.2) is 35.2 Å². The van der Waals surface area contributed by atoms with Crippen molar-refractivity contribution in [2.24, 2.45) is 0 Å². The zero-order valence-corrected chi connectivity index (χ0v) is 9.51. The van der Waals surface area contributed by atoms with Crippen LogP contribution in [0.2, 0.25) is 0 Å². The van der Waals surface area contributed by atoms with Crippen molar-refractivity contribution in [2.75, 3.05) is 0 Å². The van der Waals surface area contributed by atoms with Gasteiger partial charge in [-0.1, -0.05) is 18.2 Å². The molecule has 0 bridgehead atoms. The number of hydrogen-bond acceptors (Lipinski definition) is 1. The largest absolute Gasteiger partial charge is 0.409 e. The van der Waals surface area contributed by atoms with Crippen molar-refractivity contribution in [3.8, 4) is 0 Å². The molecule has 0 saturated carbocycles. The molecule has 1 rings (SSSR count). The van der Waals surface area contributed by atoms with Crippen molar-refractivity contribution in [2.45, 2.75) is 4.90 Å². The standard InChI is InChI=1S/C6H5Cl3SSi/c7-11(8,9)10-6-4-2-1-3-5-6/h1-5H. The van der Waals surface area contributed by atoms with Gasteiger partial charge in [0.2, 0.25) is 0 Å². The molecule has 0 aromatic heterocycles. The number of rotatable bonds is 2. The Bertz CT molecular complexity index is 221. The molecule has 0 aliphatic rings. The molecule has 5 heteroatoms. The third-order valence-corrected chi connectivity index (χ3v) is 5.20. The minimum atomic E-state index is -2.56. The van der Waals surface area contributed by atoms with Crippen LogP contribution in [-0.2, 0) is 0 Å². The number of hydrogen-bond donors (Lipinski definition) is 0. The lowest BCUT2D eigenvalue weighted by Gasteiger charge is -2.05. The van der Waals surface area contributed by atoms with E-state index in [4.69, 9.17) is 33.2 Å². The lowest BCUT2D eigenvalue weighted by Crippen LogP contribution is -2.00. The van der Waals surface area contributed by atoms with Gasteiger partial charge in [0, 0.05) is 4.90 Å². The Morgan fingerprint density at radius 2 is 1.55 bits per heavy atom. The highest BCUT2D eigenvalue weighted by atomic mass is 35.9. The highest BCUT2D eigenvalue weighted by Crippen LogP contribution is 2.38. The van der Waals surface area contributed by atoms with E-state index in [1.54, 1.807) is 0 Å². The molecule has 1 aromatic carbocycles. The SMILES string of the molecule is Cl[Si](Cl)(Cl)Sc1ccccc1. The van der Waals surface area contributed by atoms with Crippen LogP contribution in [0.5, 0.6) is 0 Å². The van der Waals surface area contributed by atoms with Crippen LogP contribution < -0.4 is 0 Å². The van der Waals surface area contributed by atoms with Gasteiger partial charge >= 0.3 is 5.15 Å². The van der Waals surface area contributed by atoms with Gasteiger partial charge in [0.1, 0.15) is 0 Å². The van der Waals surface area contributed by atoms with E-state index in [9.17, 15) is 0 Å². The Morgan fingerprint density at radius 1 is 1.00 bits per heavy atom. The fourth-order valence-electron chi connectivity index (χ4n) is 0.622. The van der Waals surface area contributed by atoms with E-state index < -0.39 is 5.15 Å². The third-order valence-electron chi connectivity index (χ3n) is 0.977. The quantitative estimate of drug-likeness (QED) is 0.560. The average molecular weight is 244 g/mol. The van der Waals surface area contributed by atoms with Crippen molar-refractivity contribution in [1.29, 1.82) is 0 Å². The molecule has 60 valence electrons. The first-order chi connectivity index (χ1) is 5.08. The normalized spacial score (nSPS) is 11.5. The zero-order chi connectivity index (χ0) is 8.32. The van der Waals surface area contributed by atoms with E-state index in [-0.39, 0.29) is 0 Å². The van der Waals surface area contributed by atoms with Gasteiger partial charge in [0.25, 0.3) is 0 Å². The molecule has 0 saturated heterocycles. The van der Waals surface area contributed by atoms with E-state index in [1.807, 2.05) is 30.3 Å². The Hall–Kier alpha value is 0.657. The smallest absolute Gasteiger partial charge is 0.115 e. The molecule has 0 atom stereocenters. The molecule has 1 aromatic rings. The van der Waals surface area contributed by atoms with Crippen LogP contribution in [0.3, 0.4) is 0 Å². The van der Waals surface area contributed by atoms with Crippen molar-refractivity contribution in [3.05, 3.63) is 30.3 Å². The molecule has 0 radical (unpaired) electrons. The van der Waals surface area contributed by atoms with Crippen LogP contribution in [-0.4, -0.2) is 5.15 Å². The summed E-state index contributed by atoms with van der Waals surface area (Å²) in [5.41, 5.74) is 0. The van der Waals surface area contributed by atoms with Crippen LogP contribution in [0, 0.1) is 0 Å². The summed E-state index contributed by atoms with van der Waals surface area (Å²) >= 11 is 18.4. The first kappa shape index (κ1) is 9.74. The molecule has 0 amide bonds. The summed E-state index contributed by atoms with van der Waals surface area (Å²) in [5.74, 6) is 0. The molecule has 0 heterocycles. The van der Waals surface area contributed by atoms with Gasteiger partial charge in [-0.2, -0.15) is 0 Å². The third kappa shape index (κ3) is 4.28. The van der Waals surface area contributed by atoms with Crippen LogP contribution in [0.1, 0.15) is 0 Å². The topological polar surface area (TPSA) is 0 Å². The fraction of sp³-hybridized carbons (Fsp3) is 0. The lowest BCUT2D eigenvalue weighted by atomic mass is 10.4. The summed E-state index contributed by atoms with van der Waals surface area (Å²) in [4.78, 5) is 1.01. The van der Waals surface area contributed by atoms with E-state index >= 15 is 0 Å². The fourth-order valence-corrected chi connectivity index (χ4v) is 4.80. The maximum atomic E-state index is 5.70. The highest BCUT2D eigenvalue weighted by Gasteiger charge is 2.26. The van der Waals surface area contributed by atoms with Crippen LogP contribution >= 0.6 is 44.4 Å². The molecule has 0 unspecified atom stereocenters. The Morgan fingerprint density at radius 3 is 2.00 bits per heavy atom. The number of benzene rings is 1. The summed E-state index contributed by atoms with van der Waals surface area (Å²) in [5, 5.41) is -2.56. The molecule has 0 aliphatic carbocycles. The van der Waals surface area contributed by atoms with Gasteiger partial charge in [0.15, 0.2) is 0 Å². The summed E-state index contributed by atoms with van der Waals surface area (Å²) in [6, 6.07) is 9.64. The molecule has 11 heavy (non-hydrogen) atoms. The minimum absolute atomic E-state index is 1.01. The van der Waals surface area contributed by atoms with Crippen LogP contribution in [0.25, 0.3) is 0 Å². The zero-order valence-electron chi connectivity index (χ0n) is 5.43. The monoisotopic (exact) mass is 242 g/mol. The van der Waals surface area contributed by atoms with Crippen molar-refractivity contribution in [3.63, 3.8) is 0 Å². The first-order valence-electron chi connectivity index (χ1n) is 2.89. The molecule has 0 N–H and O–H groups in total. The second-order valence-corrected chi connectivity index (χ2v) is 14.7. The summed E-state index contributed by atoms with van der Waals surface area (Å²) in [6.45, 7) is 0. The first-order valence-corrected chi connectivity index (χ1v) is 9.46. The molecule has 0 spiro atoms. The Balaban J connectivity index is 2.66. The maximum absolute atomic E-state index is 5.70. The van der Waals surface area contributed by atoms with Crippen molar-refractivity contribution in [1.82, 2.24) is 0 Å². The molecule has 0 aliphatic heterocycles. The van der Waals surface area contributed by atoms with E-state index in [2.05, 4.69) is 0 Å². The van der Waals surface area contributed by atoms with Gasteiger partial charge in [-0.15, -0.1) is 44.4 Å². The molecular formula is C6H5Cl3SSi. The Labute approximate surface area is 84.6 Å². The van der Waals surface area contributed by atoms with Crippen molar-refractivity contribution >= 4 is 49.6 Å². The predicted molar refractivity (Wildman–Crippen MR) is 55.6 cm³/mol. The summed E-state index contributed by atoms with van der Waals surface area (Å²) in [6.07, 6.45) is 0. The van der Waals surface area contributed by atoms with Gasteiger partial charge in [-0.25, -0.2) is 0 Å². The van der Waals surface area contributed by atoms with E-state index in [1.165, 1.54) is 11.2 Å². The second-order valence-electron chi connectivity index (χ2n) is 1.86. The van der Waals surface area contributed by atoms with Gasteiger partial charge in [-0.3, -0.25) is 0 Å². The van der Waals surface area contributed by atoms with Crippen LogP contribution in [0.4, 0.5) is 0 Å². The minimum Gasteiger partial charge on any atom is -0.115 e. The maximum Gasteiger partial charge on any atom is 0.409 e. The van der Waals surface area contributed by atoms with Gasteiger partial charge in [-0.05, 0) is 12.1 Å². The highest BCUT2D eigenvalue weighted by molar-refractivity contribution is 8.43. The lowest BCUT2D eigenvalue weighted by molar-refractivity contribution is 1.48. The second kappa shape index (κ2) is 4.05. The Kier molecular flexibility index (Phi) is 3.59. The average Bonchev–Trinajstić information content (AvgIpc) is 1.85.